The summed E-state index contributed by atoms with van der Waals surface area (Å²) >= 11 is 0. The van der Waals surface area contributed by atoms with E-state index in [2.05, 4.69) is 190 Å². The Labute approximate surface area is 298 Å². The number of hydrogen-bond donors (Lipinski definition) is 0. The molecule has 2 aliphatic rings. The number of fused-ring (bicyclic) bond motifs is 3. The van der Waals surface area contributed by atoms with Crippen LogP contribution in [0.3, 0.4) is 0 Å². The Kier molecular flexibility index (Phi) is 7.09. The van der Waals surface area contributed by atoms with E-state index in [0.29, 0.717) is 0 Å². The van der Waals surface area contributed by atoms with Gasteiger partial charge in [-0.15, -0.1) is 0 Å². The summed E-state index contributed by atoms with van der Waals surface area (Å²) < 4.78 is 7.16. The van der Waals surface area contributed by atoms with Crippen LogP contribution in [0.15, 0.2) is 170 Å². The maximum atomic E-state index is 2.43. The Hall–Kier alpha value is -6.32. The summed E-state index contributed by atoms with van der Waals surface area (Å²) in [6, 6.07) is 46.4. The highest BCUT2D eigenvalue weighted by Gasteiger charge is 2.22. The molecule has 5 aromatic carbocycles. The second-order valence-electron chi connectivity index (χ2n) is 13.7. The zero-order valence-corrected chi connectivity index (χ0v) is 28.4. The molecular weight excluding hydrogens is 619 g/mol. The molecule has 0 saturated heterocycles. The number of nitrogens with zero attached hydrogens (tertiary/aromatic N) is 3. The van der Waals surface area contributed by atoms with E-state index in [-0.39, 0.29) is 0 Å². The van der Waals surface area contributed by atoms with Crippen molar-refractivity contribution in [2.24, 2.45) is 0 Å². The fourth-order valence-electron chi connectivity index (χ4n) is 8.22. The zero-order chi connectivity index (χ0) is 33.7. The van der Waals surface area contributed by atoms with Gasteiger partial charge in [-0.05, 0) is 103 Å². The number of hydrogen-bond acceptors (Lipinski definition) is 0. The summed E-state index contributed by atoms with van der Waals surface area (Å²) in [4.78, 5) is 0. The molecule has 0 aliphatic heterocycles. The van der Waals surface area contributed by atoms with Gasteiger partial charge in [-0.2, -0.15) is 0 Å². The van der Waals surface area contributed by atoms with Crippen LogP contribution in [0.4, 0.5) is 0 Å². The Balaban J connectivity index is 1.25. The van der Waals surface area contributed by atoms with Crippen molar-refractivity contribution in [3.05, 3.63) is 182 Å². The molecule has 0 unspecified atom stereocenters. The van der Waals surface area contributed by atoms with Crippen molar-refractivity contribution in [2.75, 3.05) is 0 Å². The first kappa shape index (κ1) is 29.6. The van der Waals surface area contributed by atoms with Crippen molar-refractivity contribution in [1.29, 1.82) is 0 Å². The van der Waals surface area contributed by atoms with Gasteiger partial charge in [0.1, 0.15) is 0 Å². The number of allylic oxidation sites excluding steroid dienone is 5. The van der Waals surface area contributed by atoms with E-state index < -0.39 is 0 Å². The minimum absolute atomic E-state index is 1.02. The molecule has 51 heavy (non-hydrogen) atoms. The summed E-state index contributed by atoms with van der Waals surface area (Å²) in [5.74, 6) is 0. The van der Waals surface area contributed by atoms with E-state index in [4.69, 9.17) is 0 Å². The van der Waals surface area contributed by atoms with Gasteiger partial charge >= 0.3 is 0 Å². The molecule has 10 rings (SSSR count). The molecule has 0 bridgehead atoms. The average molecular weight is 656 g/mol. The first-order chi connectivity index (χ1) is 25.3. The maximum absolute atomic E-state index is 2.43. The van der Waals surface area contributed by atoms with Gasteiger partial charge in [-0.25, -0.2) is 0 Å². The topological polar surface area (TPSA) is 14.8 Å². The van der Waals surface area contributed by atoms with Crippen LogP contribution in [0, 0.1) is 0 Å². The zero-order valence-electron chi connectivity index (χ0n) is 28.4. The van der Waals surface area contributed by atoms with Crippen LogP contribution < -0.4 is 0 Å². The van der Waals surface area contributed by atoms with Crippen LogP contribution in [-0.2, 0) is 6.42 Å². The third-order valence-electron chi connectivity index (χ3n) is 10.6. The minimum atomic E-state index is 1.02. The Morgan fingerprint density at radius 3 is 1.63 bits per heavy atom. The predicted molar refractivity (Wildman–Crippen MR) is 214 cm³/mol. The molecule has 0 amide bonds. The molecule has 3 heteroatoms. The lowest BCUT2D eigenvalue weighted by Crippen LogP contribution is -2.01. The molecule has 2 aliphatic carbocycles. The molecule has 3 aromatic heterocycles. The van der Waals surface area contributed by atoms with E-state index in [0.717, 1.165) is 31.4 Å². The molecule has 0 radical (unpaired) electrons. The smallest absolute Gasteiger partial charge is 0.0534 e. The van der Waals surface area contributed by atoms with Crippen LogP contribution in [0.5, 0.6) is 0 Å². The Bertz CT molecular complexity index is 2670. The molecule has 0 atom stereocenters. The van der Waals surface area contributed by atoms with Gasteiger partial charge in [-0.3, -0.25) is 0 Å². The van der Waals surface area contributed by atoms with Gasteiger partial charge in [-0.1, -0.05) is 97.1 Å². The quantitative estimate of drug-likeness (QED) is 0.169. The summed E-state index contributed by atoms with van der Waals surface area (Å²) in [5.41, 5.74) is 16.3. The Morgan fingerprint density at radius 1 is 0.451 bits per heavy atom. The van der Waals surface area contributed by atoms with Crippen molar-refractivity contribution in [3.8, 4) is 44.8 Å². The molecule has 8 aromatic rings. The molecular formula is C48H37N3. The third-order valence-corrected chi connectivity index (χ3v) is 10.6. The van der Waals surface area contributed by atoms with Gasteiger partial charge in [0.15, 0.2) is 0 Å². The summed E-state index contributed by atoms with van der Waals surface area (Å²) in [6.07, 6.45) is 22.6. The summed E-state index contributed by atoms with van der Waals surface area (Å²) in [5, 5.41) is 2.52. The van der Waals surface area contributed by atoms with Crippen LogP contribution in [0.2, 0.25) is 0 Å². The normalized spacial score (nSPS) is 13.9. The summed E-state index contributed by atoms with van der Waals surface area (Å²) in [7, 11) is 0. The van der Waals surface area contributed by atoms with Crippen molar-refractivity contribution in [3.63, 3.8) is 0 Å². The van der Waals surface area contributed by atoms with E-state index in [9.17, 15) is 0 Å². The highest BCUT2D eigenvalue weighted by molar-refractivity contribution is 6.02. The van der Waals surface area contributed by atoms with Gasteiger partial charge in [0.2, 0.25) is 0 Å². The second kappa shape index (κ2) is 12.2. The third kappa shape index (κ3) is 5.04. The van der Waals surface area contributed by atoms with Gasteiger partial charge in [0.05, 0.1) is 11.0 Å². The van der Waals surface area contributed by atoms with E-state index in [1.165, 1.54) is 77.8 Å². The highest BCUT2D eigenvalue weighted by atomic mass is 15.0. The lowest BCUT2D eigenvalue weighted by Gasteiger charge is -2.13. The molecule has 3 heterocycles. The van der Waals surface area contributed by atoms with Crippen LogP contribution in [0.25, 0.3) is 78.3 Å². The van der Waals surface area contributed by atoms with Crippen molar-refractivity contribution >= 4 is 33.6 Å². The van der Waals surface area contributed by atoms with E-state index in [1.54, 1.807) is 0 Å². The number of benzene rings is 5. The number of aromatic nitrogens is 3. The first-order valence-electron chi connectivity index (χ1n) is 18.0. The summed E-state index contributed by atoms with van der Waals surface area (Å²) in [6.45, 7) is 0. The number of rotatable bonds is 6. The maximum Gasteiger partial charge on any atom is 0.0534 e. The Morgan fingerprint density at radius 2 is 0.980 bits per heavy atom. The molecule has 3 nitrogen and oxygen atoms in total. The van der Waals surface area contributed by atoms with Gasteiger partial charge in [0.25, 0.3) is 0 Å². The van der Waals surface area contributed by atoms with Crippen LogP contribution in [-0.4, -0.2) is 13.7 Å². The molecule has 0 saturated carbocycles. The van der Waals surface area contributed by atoms with Gasteiger partial charge < -0.3 is 13.7 Å². The molecule has 0 N–H and O–H groups in total. The van der Waals surface area contributed by atoms with Crippen LogP contribution in [0.1, 0.15) is 30.5 Å². The second-order valence-corrected chi connectivity index (χ2v) is 13.7. The van der Waals surface area contributed by atoms with Gasteiger partial charge in [0, 0.05) is 74.4 Å². The fraction of sp³-hybridized carbons (Fsp3) is 0.0833. The fourth-order valence-corrected chi connectivity index (χ4v) is 8.22. The first-order valence-corrected chi connectivity index (χ1v) is 18.0. The average Bonchev–Trinajstić information content (AvgIpc) is 3.91. The molecule has 0 fully saturated rings. The lowest BCUT2D eigenvalue weighted by atomic mass is 9.91. The SMILES string of the molecule is C1=CCCC(n2cc(-c3cc(-c4cn(-c5ccccc5)c5c4C=CCC5)cc(-c4cn(-c5ccccc5)c5ccccc45)c3)c3ccccc32)=C1. The van der Waals surface area contributed by atoms with E-state index >= 15 is 0 Å². The molecule has 0 spiro atoms. The number of para-hydroxylation sites is 4. The monoisotopic (exact) mass is 655 g/mol. The lowest BCUT2D eigenvalue weighted by molar-refractivity contribution is 0.875. The highest BCUT2D eigenvalue weighted by Crippen LogP contribution is 2.43. The minimum Gasteiger partial charge on any atom is -0.320 e. The van der Waals surface area contributed by atoms with E-state index in [1.807, 2.05) is 0 Å². The largest absolute Gasteiger partial charge is 0.320 e. The molecule has 244 valence electrons. The van der Waals surface area contributed by atoms with Crippen molar-refractivity contribution in [1.82, 2.24) is 13.7 Å². The van der Waals surface area contributed by atoms with Crippen molar-refractivity contribution < 1.29 is 0 Å². The predicted octanol–water partition coefficient (Wildman–Crippen LogP) is 12.5. The van der Waals surface area contributed by atoms with Crippen LogP contribution >= 0.6 is 0 Å². The standard InChI is InChI=1S/C48H37N3/c1-4-16-37(17-5-1)49-31-43(40-22-10-13-25-46(40)49)34-28-35(44-32-50(38-18-6-2-7-19-38)47-26-14-11-23-41(44)47)30-36(29-34)45-33-51(39-20-8-3-9-21-39)48-27-15-12-24-42(45)48/h1-8,10-13,15-20,22-25,27-33H,9,14,21,26H2. The van der Waals surface area contributed by atoms with Crippen molar-refractivity contribution in [2.45, 2.75) is 25.7 Å².